The van der Waals surface area contributed by atoms with E-state index in [9.17, 15) is 9.59 Å². The van der Waals surface area contributed by atoms with E-state index in [2.05, 4.69) is 10.2 Å². The summed E-state index contributed by atoms with van der Waals surface area (Å²) in [5.74, 6) is 1.30. The van der Waals surface area contributed by atoms with Crippen LogP contribution in [-0.4, -0.2) is 65.1 Å². The third-order valence-electron chi connectivity index (χ3n) is 5.02. The van der Waals surface area contributed by atoms with Crippen molar-refractivity contribution in [1.82, 2.24) is 20.0 Å². The lowest BCUT2D eigenvalue weighted by Crippen LogP contribution is -2.51. The van der Waals surface area contributed by atoms with E-state index in [0.717, 1.165) is 11.3 Å². The Balaban J connectivity index is 1.31. The average molecular weight is 394 g/mol. The van der Waals surface area contributed by atoms with Crippen LogP contribution >= 0.6 is 0 Å². The van der Waals surface area contributed by atoms with Gasteiger partial charge in [-0.1, -0.05) is 12.1 Å². The molecule has 1 aliphatic rings. The highest BCUT2D eigenvalue weighted by Gasteiger charge is 2.26. The minimum absolute atomic E-state index is 0.0575. The molecule has 0 saturated carbocycles. The van der Waals surface area contributed by atoms with E-state index in [1.54, 1.807) is 41.4 Å². The van der Waals surface area contributed by atoms with E-state index in [1.807, 2.05) is 24.3 Å². The largest absolute Gasteiger partial charge is 0.497 e. The molecule has 8 nitrogen and oxygen atoms in total. The summed E-state index contributed by atoms with van der Waals surface area (Å²) in [6.07, 6.45) is 1.91. The molecule has 1 fully saturated rings. The van der Waals surface area contributed by atoms with E-state index in [1.165, 1.54) is 0 Å². The first-order chi connectivity index (χ1) is 14.1. The Labute approximate surface area is 168 Å². The van der Waals surface area contributed by atoms with Crippen LogP contribution in [0.5, 0.6) is 5.75 Å². The number of benzene rings is 1. The lowest BCUT2D eigenvalue weighted by molar-refractivity contribution is -0.131. The van der Waals surface area contributed by atoms with Gasteiger partial charge in [0.2, 0.25) is 5.91 Å². The predicted molar refractivity (Wildman–Crippen MR) is 105 cm³/mol. The lowest BCUT2D eigenvalue weighted by Gasteiger charge is -2.34. The van der Waals surface area contributed by atoms with Gasteiger partial charge in [0.15, 0.2) is 11.5 Å². The number of carbonyl (C=O) groups excluding carboxylic acids is 2. The smallest absolute Gasteiger partial charge is 0.274 e. The topological polar surface area (TPSA) is 91.7 Å². The fourth-order valence-electron chi connectivity index (χ4n) is 3.34. The molecular weight excluding hydrogens is 372 g/mol. The second-order valence-electron chi connectivity index (χ2n) is 6.84. The van der Waals surface area contributed by atoms with Gasteiger partial charge in [-0.05, 0) is 29.8 Å². The quantitative estimate of drug-likeness (QED) is 0.716. The predicted octanol–water partition coefficient (Wildman–Crippen LogP) is 2.21. The SMILES string of the molecule is COc1ccc(CC(=O)N2CCN(C(=O)c3cc(-c4ccco4)[nH]n3)CC2)cc1. The molecule has 150 valence electrons. The maximum absolute atomic E-state index is 12.7. The number of methoxy groups -OCH3 is 1. The molecule has 29 heavy (non-hydrogen) atoms. The van der Waals surface area contributed by atoms with Crippen LogP contribution in [0.4, 0.5) is 0 Å². The zero-order valence-electron chi connectivity index (χ0n) is 16.1. The number of H-pyrrole nitrogens is 1. The highest BCUT2D eigenvalue weighted by Crippen LogP contribution is 2.19. The Morgan fingerprint density at radius 3 is 2.48 bits per heavy atom. The van der Waals surface area contributed by atoms with Crippen molar-refractivity contribution in [2.24, 2.45) is 0 Å². The second-order valence-corrected chi connectivity index (χ2v) is 6.84. The van der Waals surface area contributed by atoms with E-state index >= 15 is 0 Å². The summed E-state index contributed by atoms with van der Waals surface area (Å²) in [7, 11) is 1.61. The number of hydrogen-bond acceptors (Lipinski definition) is 5. The minimum atomic E-state index is -0.152. The molecule has 1 aliphatic heterocycles. The number of aromatic amines is 1. The fourth-order valence-corrected chi connectivity index (χ4v) is 3.34. The van der Waals surface area contributed by atoms with Gasteiger partial charge in [-0.3, -0.25) is 14.7 Å². The summed E-state index contributed by atoms with van der Waals surface area (Å²) in [5, 5.41) is 6.93. The van der Waals surface area contributed by atoms with Crippen molar-refractivity contribution in [3.8, 4) is 17.2 Å². The Hall–Kier alpha value is -3.55. The first-order valence-corrected chi connectivity index (χ1v) is 9.43. The molecular formula is C21H22N4O4. The van der Waals surface area contributed by atoms with Gasteiger partial charge >= 0.3 is 0 Å². The molecule has 1 aromatic carbocycles. The second kappa shape index (κ2) is 8.22. The first-order valence-electron chi connectivity index (χ1n) is 9.43. The normalized spacial score (nSPS) is 14.1. The Morgan fingerprint density at radius 2 is 1.83 bits per heavy atom. The molecule has 0 aliphatic carbocycles. The van der Waals surface area contributed by atoms with Crippen LogP contribution in [0.15, 0.2) is 53.1 Å². The van der Waals surface area contributed by atoms with Gasteiger partial charge in [0.05, 0.1) is 19.8 Å². The molecule has 0 radical (unpaired) electrons. The van der Waals surface area contributed by atoms with Gasteiger partial charge in [-0.25, -0.2) is 0 Å². The number of hydrogen-bond donors (Lipinski definition) is 1. The number of ether oxygens (including phenoxy) is 1. The highest BCUT2D eigenvalue weighted by molar-refractivity contribution is 5.93. The Bertz CT molecular complexity index is 971. The third kappa shape index (κ3) is 4.16. The summed E-state index contributed by atoms with van der Waals surface area (Å²) in [6, 6.07) is 12.7. The number of carbonyl (C=O) groups is 2. The van der Waals surface area contributed by atoms with Gasteiger partial charge in [0, 0.05) is 32.2 Å². The molecule has 0 bridgehead atoms. The van der Waals surface area contributed by atoms with Crippen molar-refractivity contribution < 1.29 is 18.7 Å². The lowest BCUT2D eigenvalue weighted by atomic mass is 10.1. The van der Waals surface area contributed by atoms with Gasteiger partial charge in [-0.15, -0.1) is 0 Å². The average Bonchev–Trinajstić information content (AvgIpc) is 3.46. The molecule has 4 rings (SSSR count). The van der Waals surface area contributed by atoms with Gasteiger partial charge in [0.25, 0.3) is 5.91 Å². The zero-order valence-corrected chi connectivity index (χ0v) is 16.1. The summed E-state index contributed by atoms with van der Waals surface area (Å²) < 4.78 is 10.5. The number of nitrogens with zero attached hydrogens (tertiary/aromatic N) is 3. The number of rotatable bonds is 5. The summed E-state index contributed by atoms with van der Waals surface area (Å²) in [4.78, 5) is 28.8. The van der Waals surface area contributed by atoms with Crippen molar-refractivity contribution >= 4 is 11.8 Å². The molecule has 1 N–H and O–H groups in total. The summed E-state index contributed by atoms with van der Waals surface area (Å²) in [5.41, 5.74) is 1.94. The van der Waals surface area contributed by atoms with Crippen LogP contribution in [0.3, 0.4) is 0 Å². The van der Waals surface area contributed by atoms with Crippen LogP contribution in [0.2, 0.25) is 0 Å². The first kappa shape index (κ1) is 18.8. The Kier molecular flexibility index (Phi) is 5.33. The molecule has 0 atom stereocenters. The minimum Gasteiger partial charge on any atom is -0.497 e. The van der Waals surface area contributed by atoms with Crippen molar-refractivity contribution in [2.75, 3.05) is 33.3 Å². The zero-order chi connectivity index (χ0) is 20.2. The number of nitrogens with one attached hydrogen (secondary N) is 1. The molecule has 2 amide bonds. The molecule has 2 aromatic heterocycles. The summed E-state index contributed by atoms with van der Waals surface area (Å²) in [6.45, 7) is 1.98. The standard InChI is InChI=1S/C21H22N4O4/c1-28-16-6-4-15(5-7-16)13-20(26)24-8-10-25(11-9-24)21(27)18-14-17(22-23-18)19-3-2-12-29-19/h2-7,12,14H,8-11,13H2,1H3,(H,22,23). The van der Waals surface area contributed by atoms with Crippen molar-refractivity contribution in [3.05, 3.63) is 60.0 Å². The number of amides is 2. The van der Waals surface area contributed by atoms with E-state index < -0.39 is 0 Å². The van der Waals surface area contributed by atoms with E-state index in [4.69, 9.17) is 9.15 Å². The van der Waals surface area contributed by atoms with Gasteiger partial charge in [0.1, 0.15) is 11.4 Å². The van der Waals surface area contributed by atoms with Gasteiger partial charge < -0.3 is 19.0 Å². The van der Waals surface area contributed by atoms with Crippen LogP contribution < -0.4 is 4.74 Å². The fraction of sp³-hybridized carbons (Fsp3) is 0.286. The molecule has 8 heteroatoms. The van der Waals surface area contributed by atoms with E-state index in [0.29, 0.717) is 49.7 Å². The van der Waals surface area contributed by atoms with E-state index in [-0.39, 0.29) is 11.8 Å². The molecule has 3 heterocycles. The summed E-state index contributed by atoms with van der Waals surface area (Å²) >= 11 is 0. The molecule has 0 spiro atoms. The van der Waals surface area contributed by atoms with Crippen molar-refractivity contribution in [3.63, 3.8) is 0 Å². The molecule has 3 aromatic rings. The van der Waals surface area contributed by atoms with Crippen LogP contribution in [0.1, 0.15) is 16.1 Å². The van der Waals surface area contributed by atoms with Crippen LogP contribution in [-0.2, 0) is 11.2 Å². The van der Waals surface area contributed by atoms with Crippen LogP contribution in [0.25, 0.3) is 11.5 Å². The number of furan rings is 1. The molecule has 0 unspecified atom stereocenters. The van der Waals surface area contributed by atoms with Crippen LogP contribution in [0, 0.1) is 0 Å². The number of piperazine rings is 1. The Morgan fingerprint density at radius 1 is 1.10 bits per heavy atom. The third-order valence-corrected chi connectivity index (χ3v) is 5.02. The van der Waals surface area contributed by atoms with Gasteiger partial charge in [-0.2, -0.15) is 5.10 Å². The number of aromatic nitrogens is 2. The monoisotopic (exact) mass is 394 g/mol. The maximum Gasteiger partial charge on any atom is 0.274 e. The molecule has 1 saturated heterocycles. The maximum atomic E-state index is 12.7. The van der Waals surface area contributed by atoms with Crippen molar-refractivity contribution in [1.29, 1.82) is 0 Å². The highest BCUT2D eigenvalue weighted by atomic mass is 16.5. The van der Waals surface area contributed by atoms with Crippen molar-refractivity contribution in [2.45, 2.75) is 6.42 Å².